The first-order valence-corrected chi connectivity index (χ1v) is 7.48. The van der Waals surface area contributed by atoms with Crippen LogP contribution in [-0.4, -0.2) is 0 Å². The van der Waals surface area contributed by atoms with E-state index in [1.807, 2.05) is 0 Å². The van der Waals surface area contributed by atoms with Crippen LogP contribution in [0.25, 0.3) is 0 Å². The summed E-state index contributed by atoms with van der Waals surface area (Å²) < 4.78 is 0. The molecule has 0 amide bonds. The zero-order chi connectivity index (χ0) is 3.58. The van der Waals surface area contributed by atoms with Crippen molar-refractivity contribution in [2.75, 3.05) is 0 Å². The first-order valence-electron chi connectivity index (χ1n) is 0.422. The summed E-state index contributed by atoms with van der Waals surface area (Å²) in [5.41, 5.74) is 0. The molecule has 0 fully saturated rings. The third-order valence-corrected chi connectivity index (χ3v) is 0. The van der Waals surface area contributed by atoms with Gasteiger partial charge in [-0.15, -0.1) is 0 Å². The van der Waals surface area contributed by atoms with Crippen LogP contribution in [0.2, 0.25) is 0 Å². The summed E-state index contributed by atoms with van der Waals surface area (Å²) in [4.78, 5) is 0. The number of halogens is 2. The van der Waals surface area contributed by atoms with Crippen LogP contribution in [0.15, 0.2) is 0 Å². The molecule has 0 aromatic carbocycles. The van der Waals surface area contributed by atoms with Crippen LogP contribution in [0.3, 0.4) is 0 Å². The summed E-state index contributed by atoms with van der Waals surface area (Å²) in [6.07, 6.45) is 0. The predicted octanol–water partition coefficient (Wildman–Crippen LogP) is 1.70. The average molecular weight is 210 g/mol. The van der Waals surface area contributed by atoms with E-state index in [1.165, 1.54) is 0 Å². The van der Waals surface area contributed by atoms with Crippen molar-refractivity contribution in [3.8, 4) is 0 Å². The van der Waals surface area contributed by atoms with Gasteiger partial charge in [0.05, 0.1) is 0 Å². The van der Waals surface area contributed by atoms with Crippen molar-refractivity contribution in [3.63, 3.8) is 0 Å². The first kappa shape index (κ1) is 5.67. The Morgan fingerprint density at radius 1 is 1.50 bits per heavy atom. The second kappa shape index (κ2) is 2.89. The molecule has 0 aliphatic carbocycles. The van der Waals surface area contributed by atoms with E-state index in [-0.39, 0.29) is 0 Å². The van der Waals surface area contributed by atoms with Gasteiger partial charge in [-0.3, -0.25) is 0 Å². The van der Waals surface area contributed by atoms with Crippen molar-refractivity contribution in [2.24, 2.45) is 0 Å². The Bertz CT molecular complexity index is 10.8. The van der Waals surface area contributed by atoms with E-state index >= 15 is 0 Å². The average Bonchev–Trinajstić information content (AvgIpc) is 0.811. The molecule has 0 heterocycles. The van der Waals surface area contributed by atoms with Gasteiger partial charge in [0.15, 0.2) is 0 Å². The molecule has 0 aromatic rings. The van der Waals surface area contributed by atoms with Crippen LogP contribution in [0.5, 0.6) is 0 Å². The normalized spacial score (nSPS) is 11.2. The van der Waals surface area contributed by atoms with Gasteiger partial charge in [-0.05, 0) is 0 Å². The van der Waals surface area contributed by atoms with Gasteiger partial charge in [-0.2, -0.15) is 0 Å². The predicted molar refractivity (Wildman–Crippen MR) is 21.4 cm³/mol. The van der Waals surface area contributed by atoms with Gasteiger partial charge in [-0.1, -0.05) is 0 Å². The fraction of sp³-hybridized carbons (Fsp3) is 0. The molecular weight excluding hydrogens is 208 g/mol. The van der Waals surface area contributed by atoms with Gasteiger partial charge in [0, 0.05) is 0 Å². The fourth-order valence-electron chi connectivity index (χ4n) is 0. The summed E-state index contributed by atoms with van der Waals surface area (Å²) in [6, 6.07) is 0. The van der Waals surface area contributed by atoms with Crippen molar-refractivity contribution in [1.82, 2.24) is 0 Å². The van der Waals surface area contributed by atoms with Crippen LogP contribution >= 0.6 is 26.5 Å². The molecule has 0 saturated heterocycles. The van der Waals surface area contributed by atoms with Crippen LogP contribution in [0.1, 0.15) is 0 Å². The number of hydrogen-bond donors (Lipinski definition) is 0. The first-order chi connectivity index (χ1) is 1.73. The molecule has 0 spiro atoms. The van der Waals surface area contributed by atoms with Gasteiger partial charge in [-0.25, -0.2) is 0 Å². The van der Waals surface area contributed by atoms with Gasteiger partial charge in [0.1, 0.15) is 0 Å². The van der Waals surface area contributed by atoms with Crippen LogP contribution < -0.4 is 0 Å². The molecule has 0 rings (SSSR count). The van der Waals surface area contributed by atoms with Crippen LogP contribution in [-0.2, 0) is 14.2 Å². The Morgan fingerprint density at radius 3 is 1.50 bits per heavy atom. The van der Waals surface area contributed by atoms with Crippen molar-refractivity contribution < 1.29 is 14.2 Å². The second-order valence-electron chi connectivity index (χ2n) is 0.183. The van der Waals surface area contributed by atoms with Gasteiger partial charge >= 0.3 is 40.7 Å². The van der Waals surface area contributed by atoms with Gasteiger partial charge < -0.3 is 0 Å². The van der Waals surface area contributed by atoms with E-state index in [9.17, 15) is 0 Å². The van der Waals surface area contributed by atoms with Gasteiger partial charge in [0.25, 0.3) is 0 Å². The molecule has 0 saturated carbocycles. The molecule has 0 radical (unpaired) electrons. The van der Waals surface area contributed by atoms with Gasteiger partial charge in [0.2, 0.25) is 0 Å². The molecule has 0 aliphatic heterocycles. The molecule has 0 nitrogen and oxygen atoms in total. The number of hydrogen-bond acceptors (Lipinski definition) is 0. The summed E-state index contributed by atoms with van der Waals surface area (Å²) >= 11 is -1.12. The van der Waals surface area contributed by atoms with Crippen molar-refractivity contribution in [2.45, 2.75) is 0 Å². The van der Waals surface area contributed by atoms with E-state index in [1.54, 1.807) is 0 Å². The standard InChI is InChI=1S/2ClH.H2P.Pd/h2*1H;1H2;/q;;-1;+3/p-2. The van der Waals surface area contributed by atoms with Crippen LogP contribution in [0, 0.1) is 0 Å². The molecule has 4 heavy (non-hydrogen) atoms. The zero-order valence-electron chi connectivity index (χ0n) is 1.65. The maximum atomic E-state index is 5.12. The molecule has 0 aromatic heterocycles. The van der Waals surface area contributed by atoms with E-state index in [0.717, 1.165) is 0 Å². The fourth-order valence-corrected chi connectivity index (χ4v) is 0. The summed E-state index contributed by atoms with van der Waals surface area (Å²) in [5.74, 6) is 0. The van der Waals surface area contributed by atoms with Crippen molar-refractivity contribution >= 4 is 26.5 Å². The Morgan fingerprint density at radius 2 is 1.50 bits per heavy atom. The van der Waals surface area contributed by atoms with E-state index < -0.39 is 14.2 Å². The van der Waals surface area contributed by atoms with Crippen LogP contribution in [0.4, 0.5) is 0 Å². The Hall–Kier alpha value is 1.67. The third kappa shape index (κ3) is 9.38. The summed E-state index contributed by atoms with van der Waals surface area (Å²) in [7, 11) is 12.5. The Balaban J connectivity index is 2.32. The number of rotatable bonds is 0. The SMILES string of the molecule is [PH2][Pd]([Cl])[Cl]. The maximum absolute atomic E-state index is 5.12. The molecule has 0 N–H and O–H groups in total. The van der Waals surface area contributed by atoms with E-state index in [0.29, 0.717) is 0 Å². The topological polar surface area (TPSA) is 0 Å². The Labute approximate surface area is 40.8 Å². The van der Waals surface area contributed by atoms with Crippen molar-refractivity contribution in [1.29, 1.82) is 0 Å². The van der Waals surface area contributed by atoms with E-state index in [4.69, 9.17) is 19.1 Å². The third-order valence-electron chi connectivity index (χ3n) is 0. The minimum absolute atomic E-state index is 1.12. The Kier molecular flexibility index (Phi) is 4.09. The molecule has 0 bridgehead atoms. The van der Waals surface area contributed by atoms with Crippen molar-refractivity contribution in [3.05, 3.63) is 0 Å². The zero-order valence-corrected chi connectivity index (χ0v) is 5.87. The summed E-state index contributed by atoms with van der Waals surface area (Å²) in [5, 5.41) is 0. The summed E-state index contributed by atoms with van der Waals surface area (Å²) in [6.45, 7) is 0. The van der Waals surface area contributed by atoms with E-state index in [2.05, 4.69) is 7.43 Å². The molecular formula is H2Cl2PPd. The minimum atomic E-state index is -1.12. The monoisotopic (exact) mass is 209 g/mol. The second-order valence-corrected chi connectivity index (χ2v) is 9.75. The molecule has 4 heteroatoms. The molecule has 1 unspecified atom stereocenters. The quantitative estimate of drug-likeness (QED) is 0.422. The molecule has 31 valence electrons. The molecule has 1 atom stereocenters. The molecule has 0 aliphatic rings.